The second-order valence-corrected chi connectivity index (χ2v) is 8.92. The second-order valence-electron chi connectivity index (χ2n) is 8.92. The first-order chi connectivity index (χ1) is 17.4. The molecule has 0 saturated carbocycles. The molecule has 2 aliphatic rings. The third-order valence-electron chi connectivity index (χ3n) is 6.57. The lowest BCUT2D eigenvalue weighted by molar-refractivity contribution is -0.118. The van der Waals surface area contributed by atoms with Crippen molar-refractivity contribution in [2.75, 3.05) is 38.7 Å². The number of nitrogens with one attached hydrogen (secondary N) is 2. The fourth-order valence-electron chi connectivity index (χ4n) is 4.64. The number of aromatic nitrogens is 2. The summed E-state index contributed by atoms with van der Waals surface area (Å²) in [6.45, 7) is 1.55. The summed E-state index contributed by atoms with van der Waals surface area (Å²) in [7, 11) is 1.42. The van der Waals surface area contributed by atoms with E-state index in [0.29, 0.717) is 54.3 Å². The van der Waals surface area contributed by atoms with Gasteiger partial charge in [0.15, 0.2) is 24.0 Å². The summed E-state index contributed by atoms with van der Waals surface area (Å²) >= 11 is 0. The molecule has 2 atom stereocenters. The van der Waals surface area contributed by atoms with Crippen molar-refractivity contribution in [3.8, 4) is 11.5 Å². The highest BCUT2D eigenvalue weighted by atomic mass is 35.5. The second kappa shape index (κ2) is 12.8. The van der Waals surface area contributed by atoms with Gasteiger partial charge in [0.05, 0.1) is 19.0 Å². The van der Waals surface area contributed by atoms with E-state index in [0.717, 1.165) is 6.20 Å². The zero-order valence-corrected chi connectivity index (χ0v) is 22.1. The number of ether oxygens (including phenoxy) is 2. The zero-order valence-electron chi connectivity index (χ0n) is 20.5. The molecule has 2 aromatic heterocycles. The van der Waals surface area contributed by atoms with Crippen LogP contribution in [0, 0.1) is 11.6 Å². The Hall–Kier alpha value is -2.86. The Morgan fingerprint density at radius 3 is 2.82 bits per heavy atom. The van der Waals surface area contributed by atoms with Crippen LogP contribution in [-0.2, 0) is 17.8 Å². The number of carbonyl (C=O) groups excluding carboxylic acids is 1. The Bertz CT molecular complexity index is 1300. The Kier molecular flexibility index (Phi) is 10.00. The van der Waals surface area contributed by atoms with Gasteiger partial charge in [0, 0.05) is 42.7 Å². The highest BCUT2D eigenvalue weighted by Crippen LogP contribution is 2.28. The number of halogens is 5. The van der Waals surface area contributed by atoms with Gasteiger partial charge in [0.2, 0.25) is 0 Å². The average Bonchev–Trinajstić information content (AvgIpc) is 2.87. The Morgan fingerprint density at radius 2 is 2.05 bits per heavy atom. The van der Waals surface area contributed by atoms with Crippen LogP contribution in [0.2, 0.25) is 0 Å². The molecule has 1 fully saturated rings. The van der Waals surface area contributed by atoms with Gasteiger partial charge in [-0.2, -0.15) is 0 Å². The van der Waals surface area contributed by atoms with Crippen molar-refractivity contribution in [2.45, 2.75) is 31.6 Å². The van der Waals surface area contributed by atoms with E-state index < -0.39 is 17.8 Å². The van der Waals surface area contributed by atoms with Crippen molar-refractivity contribution in [2.24, 2.45) is 0 Å². The van der Waals surface area contributed by atoms with E-state index in [1.165, 1.54) is 13.2 Å². The molecule has 8 nitrogen and oxygen atoms in total. The molecule has 3 aromatic rings. The molecule has 0 spiro atoms. The standard InChI is InChI=1S/C25H26F3N5O3.2ClH/c1-35-15-8-17-16(19(27)11-30-24(17)18(26)9-15)4-6-33-7-5-21(20(28)12-33)29-10-14-2-3-22-25(31-14)32-23(34)13-36-22;;/h2-3,8-9,11,20-21,29H,4-7,10,12-13H2,1H3,(H,31,32,34);2*1H/t20-,21+;;/m1../s1. The summed E-state index contributed by atoms with van der Waals surface area (Å²) in [6.07, 6.45) is 0.743. The monoisotopic (exact) mass is 573 g/mol. The largest absolute Gasteiger partial charge is 0.497 e. The van der Waals surface area contributed by atoms with Crippen molar-refractivity contribution in [3.63, 3.8) is 0 Å². The van der Waals surface area contributed by atoms with Gasteiger partial charge in [-0.05, 0) is 37.6 Å². The van der Waals surface area contributed by atoms with Crippen molar-refractivity contribution in [1.82, 2.24) is 20.2 Å². The first kappa shape index (κ1) is 29.7. The van der Waals surface area contributed by atoms with Crippen LogP contribution < -0.4 is 20.1 Å². The summed E-state index contributed by atoms with van der Waals surface area (Å²) in [5.41, 5.74) is 1.08. The molecule has 0 radical (unpaired) electrons. The number of piperidine rings is 1. The summed E-state index contributed by atoms with van der Waals surface area (Å²) in [5.74, 6) is -0.208. The third kappa shape index (κ3) is 6.40. The number of alkyl halides is 1. The molecule has 13 heteroatoms. The number of amides is 1. The van der Waals surface area contributed by atoms with E-state index in [1.54, 1.807) is 18.2 Å². The first-order valence-corrected chi connectivity index (χ1v) is 11.7. The van der Waals surface area contributed by atoms with E-state index in [2.05, 4.69) is 20.6 Å². The number of hydrogen-bond acceptors (Lipinski definition) is 7. The minimum atomic E-state index is -1.13. The predicted octanol–water partition coefficient (Wildman–Crippen LogP) is 3.84. The van der Waals surface area contributed by atoms with Crippen molar-refractivity contribution in [1.29, 1.82) is 0 Å². The van der Waals surface area contributed by atoms with Crippen LogP contribution in [-0.4, -0.2) is 66.3 Å². The summed E-state index contributed by atoms with van der Waals surface area (Å²) in [5, 5.41) is 6.23. The van der Waals surface area contributed by atoms with Crippen molar-refractivity contribution in [3.05, 3.63) is 53.4 Å². The average molecular weight is 574 g/mol. The Labute approximate surface area is 230 Å². The predicted molar refractivity (Wildman–Crippen MR) is 141 cm³/mol. The maximum absolute atomic E-state index is 15.0. The van der Waals surface area contributed by atoms with Gasteiger partial charge in [-0.15, -0.1) is 24.8 Å². The number of rotatable bonds is 7. The molecule has 1 aromatic carbocycles. The number of likely N-dealkylation sites (tertiary alicyclic amines) is 1. The molecular formula is C25H28Cl2F3N5O3. The Morgan fingerprint density at radius 1 is 1.24 bits per heavy atom. The van der Waals surface area contributed by atoms with Gasteiger partial charge >= 0.3 is 0 Å². The zero-order chi connectivity index (χ0) is 25.2. The van der Waals surface area contributed by atoms with Crippen LogP contribution in [0.3, 0.4) is 0 Å². The fourth-order valence-corrected chi connectivity index (χ4v) is 4.64. The van der Waals surface area contributed by atoms with Crippen LogP contribution >= 0.6 is 24.8 Å². The lowest BCUT2D eigenvalue weighted by Crippen LogP contribution is -2.51. The Balaban J connectivity index is 0.00000200. The maximum atomic E-state index is 15.0. The lowest BCUT2D eigenvalue weighted by Gasteiger charge is -2.35. The first-order valence-electron chi connectivity index (χ1n) is 11.7. The van der Waals surface area contributed by atoms with Crippen molar-refractivity contribution >= 4 is 47.4 Å². The molecule has 2 N–H and O–H groups in total. The molecular weight excluding hydrogens is 546 g/mol. The molecule has 5 rings (SSSR count). The number of carbonyl (C=O) groups is 1. The topological polar surface area (TPSA) is 88.6 Å². The summed E-state index contributed by atoms with van der Waals surface area (Å²) in [6, 6.07) is 5.94. The van der Waals surface area contributed by atoms with E-state index >= 15 is 0 Å². The fraction of sp³-hybridized carbons (Fsp3) is 0.400. The van der Waals surface area contributed by atoms with E-state index in [-0.39, 0.29) is 67.6 Å². The van der Waals surface area contributed by atoms with Gasteiger partial charge in [0.25, 0.3) is 5.91 Å². The molecule has 1 saturated heterocycles. The molecule has 0 aliphatic carbocycles. The molecule has 2 aliphatic heterocycles. The van der Waals surface area contributed by atoms with E-state index in [9.17, 15) is 18.0 Å². The summed E-state index contributed by atoms with van der Waals surface area (Å²) in [4.78, 5) is 21.7. The molecule has 206 valence electrons. The normalized spacial score (nSPS) is 19.0. The highest BCUT2D eigenvalue weighted by Gasteiger charge is 2.29. The highest BCUT2D eigenvalue weighted by molar-refractivity contribution is 5.94. The van der Waals surface area contributed by atoms with Gasteiger partial charge < -0.3 is 20.1 Å². The maximum Gasteiger partial charge on any atom is 0.263 e. The number of hydrogen-bond donors (Lipinski definition) is 2. The number of nitrogens with zero attached hydrogens (tertiary/aromatic N) is 3. The van der Waals surface area contributed by atoms with Crippen molar-refractivity contribution < 1.29 is 27.4 Å². The lowest BCUT2D eigenvalue weighted by atomic mass is 10.0. The number of pyridine rings is 2. The van der Waals surface area contributed by atoms with Crippen LogP contribution in [0.1, 0.15) is 17.7 Å². The number of benzene rings is 1. The molecule has 38 heavy (non-hydrogen) atoms. The number of fused-ring (bicyclic) bond motifs is 2. The van der Waals surface area contributed by atoms with Gasteiger partial charge in [-0.25, -0.2) is 18.2 Å². The minimum absolute atomic E-state index is 0. The molecule has 1 amide bonds. The van der Waals surface area contributed by atoms with Crippen LogP contribution in [0.15, 0.2) is 30.5 Å². The number of anilines is 1. The molecule has 0 unspecified atom stereocenters. The summed E-state index contributed by atoms with van der Waals surface area (Å²) < 4.78 is 54.4. The molecule has 4 heterocycles. The minimum Gasteiger partial charge on any atom is -0.497 e. The van der Waals surface area contributed by atoms with Gasteiger partial charge in [-0.3, -0.25) is 14.7 Å². The van der Waals surface area contributed by atoms with Crippen LogP contribution in [0.25, 0.3) is 10.9 Å². The molecule has 0 bridgehead atoms. The van der Waals surface area contributed by atoms with Crippen LogP contribution in [0.5, 0.6) is 11.5 Å². The van der Waals surface area contributed by atoms with Crippen LogP contribution in [0.4, 0.5) is 19.0 Å². The van der Waals surface area contributed by atoms with Gasteiger partial charge in [-0.1, -0.05) is 0 Å². The SMILES string of the molecule is COc1cc(F)c2ncc(F)c(CCN3CC[C@H](NCc4ccc5c(n4)NC(=O)CO5)[C@H](F)C3)c2c1.Cl.Cl. The van der Waals surface area contributed by atoms with Gasteiger partial charge in [0.1, 0.15) is 23.3 Å². The van der Waals surface area contributed by atoms with E-state index in [1.807, 2.05) is 4.90 Å². The quantitative estimate of drug-likeness (QED) is 0.444. The smallest absolute Gasteiger partial charge is 0.263 e. The third-order valence-corrected chi connectivity index (χ3v) is 6.57. The van der Waals surface area contributed by atoms with E-state index in [4.69, 9.17) is 9.47 Å². The number of methoxy groups -OCH3 is 1.